The number of carbonyl (C=O) groups is 1. The minimum atomic E-state index is -0.109. The monoisotopic (exact) mass is 430 g/mol. The van der Waals surface area contributed by atoms with Gasteiger partial charge in [-0.05, 0) is 37.0 Å². The second kappa shape index (κ2) is 8.07. The number of ketones is 1. The molecule has 0 radical (unpaired) electrons. The minimum Gasteiger partial charge on any atom is -0.493 e. The molecule has 0 amide bonds. The van der Waals surface area contributed by atoms with Gasteiger partial charge in [0.05, 0.1) is 28.9 Å². The van der Waals surface area contributed by atoms with Crippen molar-refractivity contribution in [3.05, 3.63) is 59.0 Å². The number of fused-ring (bicyclic) bond motifs is 2. The van der Waals surface area contributed by atoms with Gasteiger partial charge in [-0.15, -0.1) is 0 Å². The van der Waals surface area contributed by atoms with E-state index in [1.54, 1.807) is 6.08 Å². The SMILES string of the molecule is O=C1/C(=C/c2n[nH]c3ccccc23)Oc2c1ccc(OCC1CC1)c2CN1CCNCC1. The molecule has 1 saturated carbocycles. The fourth-order valence-electron chi connectivity index (χ4n) is 4.38. The van der Waals surface area contributed by atoms with Crippen LogP contribution < -0.4 is 14.8 Å². The van der Waals surface area contributed by atoms with Crippen molar-refractivity contribution in [1.29, 1.82) is 0 Å². The summed E-state index contributed by atoms with van der Waals surface area (Å²) in [5, 5.41) is 11.7. The molecule has 7 heteroatoms. The van der Waals surface area contributed by atoms with Gasteiger partial charge < -0.3 is 14.8 Å². The number of hydrogen-bond donors (Lipinski definition) is 2. The zero-order valence-corrected chi connectivity index (χ0v) is 17.9. The van der Waals surface area contributed by atoms with Gasteiger partial charge >= 0.3 is 0 Å². The number of nitrogens with zero attached hydrogens (tertiary/aromatic N) is 2. The fourth-order valence-corrected chi connectivity index (χ4v) is 4.38. The maximum absolute atomic E-state index is 13.2. The number of ether oxygens (including phenoxy) is 2. The Morgan fingerprint density at radius 1 is 1.16 bits per heavy atom. The van der Waals surface area contributed by atoms with E-state index in [1.807, 2.05) is 36.4 Å². The molecular weight excluding hydrogens is 404 g/mol. The normalized spacial score (nSPS) is 20.0. The van der Waals surface area contributed by atoms with E-state index in [9.17, 15) is 4.79 Å². The number of H-pyrrole nitrogens is 1. The number of Topliss-reactive ketones (excluding diaryl/α,β-unsaturated/α-hetero) is 1. The van der Waals surface area contributed by atoms with Gasteiger partial charge in [-0.3, -0.25) is 14.8 Å². The highest BCUT2D eigenvalue weighted by atomic mass is 16.5. The molecule has 7 nitrogen and oxygen atoms in total. The molecule has 32 heavy (non-hydrogen) atoms. The van der Waals surface area contributed by atoms with Crippen LogP contribution in [0.1, 0.15) is 34.5 Å². The maximum Gasteiger partial charge on any atom is 0.232 e. The molecule has 1 aromatic heterocycles. The molecule has 2 fully saturated rings. The molecular formula is C25H26N4O3. The van der Waals surface area contributed by atoms with E-state index in [1.165, 1.54) is 12.8 Å². The summed E-state index contributed by atoms with van der Waals surface area (Å²) in [6.45, 7) is 5.28. The first-order valence-electron chi connectivity index (χ1n) is 11.4. The van der Waals surface area contributed by atoms with Crippen LogP contribution >= 0.6 is 0 Å². The van der Waals surface area contributed by atoms with Crippen LogP contribution in [0.15, 0.2) is 42.2 Å². The molecule has 2 aliphatic heterocycles. The molecule has 2 aromatic carbocycles. The van der Waals surface area contributed by atoms with Crippen molar-refractivity contribution in [2.24, 2.45) is 5.92 Å². The molecule has 0 unspecified atom stereocenters. The standard InChI is InChI=1S/C25H26N4O3/c30-24-18-7-8-22(31-15-16-5-6-16)19(14-29-11-9-26-10-12-29)25(18)32-23(24)13-21-17-3-1-2-4-20(17)27-28-21/h1-4,7-8,13,16,26H,5-6,9-12,14-15H2,(H,27,28)/b23-13-. The van der Waals surface area contributed by atoms with E-state index in [0.717, 1.165) is 55.0 Å². The predicted octanol–water partition coefficient (Wildman–Crippen LogP) is 3.37. The van der Waals surface area contributed by atoms with Crippen molar-refractivity contribution >= 4 is 22.8 Å². The summed E-state index contributed by atoms with van der Waals surface area (Å²) < 4.78 is 12.4. The van der Waals surface area contributed by atoms with Crippen LogP contribution in [0.3, 0.4) is 0 Å². The molecule has 0 bridgehead atoms. The molecule has 1 aliphatic carbocycles. The largest absolute Gasteiger partial charge is 0.493 e. The highest BCUT2D eigenvalue weighted by molar-refractivity contribution is 6.15. The Balaban J connectivity index is 1.35. The van der Waals surface area contributed by atoms with Gasteiger partial charge in [0.2, 0.25) is 5.78 Å². The second-order valence-electron chi connectivity index (χ2n) is 8.79. The van der Waals surface area contributed by atoms with Crippen LogP contribution in [0.4, 0.5) is 0 Å². The van der Waals surface area contributed by atoms with Crippen LogP contribution in [0.5, 0.6) is 11.5 Å². The Kier molecular flexibility index (Phi) is 4.92. The number of nitrogens with one attached hydrogen (secondary N) is 2. The molecule has 3 aromatic rings. The molecule has 6 rings (SSSR count). The lowest BCUT2D eigenvalue weighted by atomic mass is 10.0. The first-order chi connectivity index (χ1) is 15.8. The van der Waals surface area contributed by atoms with Gasteiger partial charge in [-0.25, -0.2) is 0 Å². The summed E-state index contributed by atoms with van der Waals surface area (Å²) in [4.78, 5) is 15.6. The van der Waals surface area contributed by atoms with E-state index < -0.39 is 0 Å². The van der Waals surface area contributed by atoms with E-state index in [4.69, 9.17) is 9.47 Å². The highest BCUT2D eigenvalue weighted by Crippen LogP contribution is 2.41. The summed E-state index contributed by atoms with van der Waals surface area (Å²) in [7, 11) is 0. The number of para-hydroxylation sites is 1. The third-order valence-corrected chi connectivity index (χ3v) is 6.43. The Morgan fingerprint density at radius 3 is 2.84 bits per heavy atom. The number of aromatic amines is 1. The third kappa shape index (κ3) is 3.67. The number of piperazine rings is 1. The number of benzene rings is 2. The summed E-state index contributed by atoms with van der Waals surface area (Å²) in [5.41, 5.74) is 3.19. The van der Waals surface area contributed by atoms with E-state index in [0.29, 0.717) is 35.2 Å². The average Bonchev–Trinajstić information content (AvgIpc) is 3.49. The van der Waals surface area contributed by atoms with E-state index >= 15 is 0 Å². The van der Waals surface area contributed by atoms with Crippen LogP contribution in [0, 0.1) is 5.92 Å². The van der Waals surface area contributed by atoms with Gasteiger partial charge in [0.25, 0.3) is 0 Å². The fraction of sp³-hybridized carbons (Fsp3) is 0.360. The molecule has 0 spiro atoms. The zero-order valence-electron chi connectivity index (χ0n) is 17.9. The third-order valence-electron chi connectivity index (χ3n) is 6.43. The van der Waals surface area contributed by atoms with Crippen molar-refractivity contribution in [1.82, 2.24) is 20.4 Å². The highest BCUT2D eigenvalue weighted by Gasteiger charge is 2.33. The minimum absolute atomic E-state index is 0.109. The molecule has 1 saturated heterocycles. The number of carbonyl (C=O) groups excluding carboxylic acids is 1. The molecule has 164 valence electrons. The number of hydrogen-bond acceptors (Lipinski definition) is 6. The van der Waals surface area contributed by atoms with Gasteiger partial charge in [0.15, 0.2) is 5.76 Å². The number of aromatic nitrogens is 2. The Morgan fingerprint density at radius 2 is 2.00 bits per heavy atom. The van der Waals surface area contributed by atoms with Gasteiger partial charge in [0.1, 0.15) is 11.5 Å². The summed E-state index contributed by atoms with van der Waals surface area (Å²) in [5.74, 6) is 2.31. The first-order valence-corrected chi connectivity index (χ1v) is 11.4. The van der Waals surface area contributed by atoms with Gasteiger partial charge in [-0.2, -0.15) is 5.10 Å². The smallest absolute Gasteiger partial charge is 0.232 e. The van der Waals surface area contributed by atoms with Gasteiger partial charge in [-0.1, -0.05) is 18.2 Å². The Hall–Kier alpha value is -3.16. The lowest BCUT2D eigenvalue weighted by Crippen LogP contribution is -2.43. The lowest BCUT2D eigenvalue weighted by Gasteiger charge is -2.28. The van der Waals surface area contributed by atoms with Crippen molar-refractivity contribution in [2.75, 3.05) is 32.8 Å². The molecule has 2 N–H and O–H groups in total. The van der Waals surface area contributed by atoms with Crippen molar-refractivity contribution in [3.63, 3.8) is 0 Å². The second-order valence-corrected chi connectivity index (χ2v) is 8.79. The number of rotatable bonds is 6. The number of allylic oxidation sites excluding steroid dienone is 1. The van der Waals surface area contributed by atoms with E-state index in [2.05, 4.69) is 20.4 Å². The van der Waals surface area contributed by atoms with Crippen molar-refractivity contribution in [3.8, 4) is 11.5 Å². The molecule has 3 aliphatic rings. The van der Waals surface area contributed by atoms with Crippen LogP contribution in [0.2, 0.25) is 0 Å². The first kappa shape index (κ1) is 19.5. The molecule has 0 atom stereocenters. The lowest BCUT2D eigenvalue weighted by molar-refractivity contribution is 0.101. The maximum atomic E-state index is 13.2. The van der Waals surface area contributed by atoms with Crippen LogP contribution in [-0.4, -0.2) is 53.7 Å². The van der Waals surface area contributed by atoms with E-state index in [-0.39, 0.29) is 5.78 Å². The zero-order chi connectivity index (χ0) is 21.5. The Bertz CT molecular complexity index is 1210. The molecule has 3 heterocycles. The topological polar surface area (TPSA) is 79.5 Å². The average molecular weight is 431 g/mol. The quantitative estimate of drug-likeness (QED) is 0.584. The Labute approximate surface area is 186 Å². The van der Waals surface area contributed by atoms with Crippen LogP contribution in [-0.2, 0) is 6.54 Å². The van der Waals surface area contributed by atoms with Gasteiger partial charge in [0, 0.05) is 44.2 Å². The summed E-state index contributed by atoms with van der Waals surface area (Å²) >= 11 is 0. The predicted molar refractivity (Wildman–Crippen MR) is 122 cm³/mol. The van der Waals surface area contributed by atoms with Crippen molar-refractivity contribution < 1.29 is 14.3 Å². The van der Waals surface area contributed by atoms with Crippen LogP contribution in [0.25, 0.3) is 17.0 Å². The summed E-state index contributed by atoms with van der Waals surface area (Å²) in [6, 6.07) is 11.6. The van der Waals surface area contributed by atoms with Crippen molar-refractivity contribution in [2.45, 2.75) is 19.4 Å². The summed E-state index contributed by atoms with van der Waals surface area (Å²) in [6.07, 6.45) is 4.20.